The van der Waals surface area contributed by atoms with E-state index in [1.54, 1.807) is 24.3 Å². The summed E-state index contributed by atoms with van der Waals surface area (Å²) in [5.74, 6) is -0.355. The van der Waals surface area contributed by atoms with Crippen molar-refractivity contribution < 1.29 is 62.1 Å². The van der Waals surface area contributed by atoms with E-state index in [1.807, 2.05) is 24.3 Å². The van der Waals surface area contributed by atoms with Crippen LogP contribution < -0.4 is 34.0 Å². The minimum Gasteiger partial charge on any atom is -1.00 e. The fourth-order valence-corrected chi connectivity index (χ4v) is 7.59. The molecule has 2 unspecified atom stereocenters. The molecule has 2 aliphatic heterocycles. The number of fused-ring (bicyclic) bond motifs is 2. The van der Waals surface area contributed by atoms with Crippen molar-refractivity contribution in [1.29, 1.82) is 0 Å². The summed E-state index contributed by atoms with van der Waals surface area (Å²) in [5.41, 5.74) is 2.11. The van der Waals surface area contributed by atoms with Crippen LogP contribution in [0.3, 0.4) is 0 Å². The lowest BCUT2D eigenvalue weighted by atomic mass is 10.0. The number of halogens is 2. The molecule has 2 aromatic rings. The highest BCUT2D eigenvalue weighted by atomic mass is 79.9. The first kappa shape index (κ1) is 41.8. The van der Waals surface area contributed by atoms with E-state index in [-0.39, 0.29) is 63.5 Å². The average molecular weight is 793 g/mol. The summed E-state index contributed by atoms with van der Waals surface area (Å²) in [6.45, 7) is 8.42. The zero-order valence-corrected chi connectivity index (χ0v) is 33.0. The van der Waals surface area contributed by atoms with Gasteiger partial charge in [-0.25, -0.2) is 0 Å². The van der Waals surface area contributed by atoms with E-state index in [0.717, 1.165) is 73.5 Å². The van der Waals surface area contributed by atoms with Crippen molar-refractivity contribution in [2.75, 3.05) is 60.9 Å². The highest BCUT2D eigenvalue weighted by molar-refractivity contribution is 6.22. The van der Waals surface area contributed by atoms with Gasteiger partial charge in [-0.1, -0.05) is 51.0 Å². The molecule has 0 aliphatic carbocycles. The monoisotopic (exact) mass is 790 g/mol. The lowest BCUT2D eigenvalue weighted by Gasteiger charge is -2.39. The van der Waals surface area contributed by atoms with E-state index in [0.29, 0.717) is 41.4 Å². The minimum absolute atomic E-state index is 0. The summed E-state index contributed by atoms with van der Waals surface area (Å²) in [5, 5.41) is 0. The van der Waals surface area contributed by atoms with Crippen LogP contribution in [0.5, 0.6) is 0 Å². The largest absolute Gasteiger partial charge is 1.00 e. The average Bonchev–Trinajstić information content (AvgIpc) is 3.41. The standard InChI is InChI=1S/C38H56N4O4.2BrH/c1-7-17-29(27-40-37(45)33-21-13-14-22-34(33)38(40)46)28-41(3,4)25-15-9-10-16-26-42(5,6)30(18-8-2)23-24-39-35(43)31-19-11-12-20-32(31)36(39)44;;/h11-14,19-22,29-30H,7-10,15-18,23-28H2,1-6H3;2*1H/q+2;;/p-2. The van der Waals surface area contributed by atoms with E-state index in [9.17, 15) is 19.2 Å². The molecule has 4 amide bonds. The fourth-order valence-electron chi connectivity index (χ4n) is 7.59. The van der Waals surface area contributed by atoms with E-state index >= 15 is 0 Å². The predicted octanol–water partition coefficient (Wildman–Crippen LogP) is 0.275. The molecule has 0 bridgehead atoms. The highest BCUT2D eigenvalue weighted by Crippen LogP contribution is 2.27. The SMILES string of the molecule is CCCC(CN1C(=O)c2ccccc2C1=O)C[N+](C)(C)CCCCCC[N+](C)(C)C(CCC)CCN1C(=O)c2ccccc2C1=O.[Br-].[Br-]. The van der Waals surface area contributed by atoms with Crippen LogP contribution in [0.2, 0.25) is 0 Å². The molecule has 0 radical (unpaired) electrons. The maximum Gasteiger partial charge on any atom is 0.261 e. The van der Waals surface area contributed by atoms with Crippen molar-refractivity contribution in [1.82, 2.24) is 9.80 Å². The second kappa shape index (κ2) is 18.6. The van der Waals surface area contributed by atoms with Crippen LogP contribution >= 0.6 is 0 Å². The number of amides is 4. The van der Waals surface area contributed by atoms with Gasteiger partial charge in [-0.05, 0) is 62.8 Å². The van der Waals surface area contributed by atoms with Crippen molar-refractivity contribution in [3.05, 3.63) is 70.8 Å². The molecule has 4 rings (SSSR count). The third-order valence-corrected chi connectivity index (χ3v) is 10.2. The number of unbranched alkanes of at least 4 members (excludes halogenated alkanes) is 3. The molecule has 48 heavy (non-hydrogen) atoms. The normalized spacial score (nSPS) is 15.6. The Morgan fingerprint density at radius 2 is 1.02 bits per heavy atom. The Bertz CT molecular complexity index is 1340. The van der Waals surface area contributed by atoms with E-state index in [2.05, 4.69) is 42.0 Å². The zero-order valence-electron chi connectivity index (χ0n) is 29.9. The molecular weight excluding hydrogens is 736 g/mol. The molecule has 10 heteroatoms. The van der Waals surface area contributed by atoms with Crippen LogP contribution in [0.15, 0.2) is 48.5 Å². The molecule has 0 aromatic heterocycles. The van der Waals surface area contributed by atoms with Gasteiger partial charge in [0, 0.05) is 25.4 Å². The third kappa shape index (κ3) is 10.1. The Morgan fingerprint density at radius 3 is 1.48 bits per heavy atom. The number of rotatable bonds is 19. The van der Waals surface area contributed by atoms with Gasteiger partial charge in [0.2, 0.25) is 0 Å². The molecule has 0 saturated carbocycles. The maximum absolute atomic E-state index is 13.0. The predicted molar refractivity (Wildman–Crippen MR) is 183 cm³/mol. The second-order valence-corrected chi connectivity index (χ2v) is 14.7. The third-order valence-electron chi connectivity index (χ3n) is 10.2. The molecule has 8 nitrogen and oxygen atoms in total. The Hall–Kier alpha value is -2.40. The molecule has 0 saturated heterocycles. The maximum atomic E-state index is 13.0. The van der Waals surface area contributed by atoms with Gasteiger partial charge in [0.05, 0.1) is 76.1 Å². The van der Waals surface area contributed by atoms with Crippen LogP contribution in [-0.4, -0.2) is 109 Å². The molecule has 2 aliphatic rings. The highest BCUT2D eigenvalue weighted by Gasteiger charge is 2.38. The van der Waals surface area contributed by atoms with E-state index in [4.69, 9.17) is 0 Å². The topological polar surface area (TPSA) is 74.8 Å². The van der Waals surface area contributed by atoms with Gasteiger partial charge in [-0.15, -0.1) is 0 Å². The summed E-state index contributed by atoms with van der Waals surface area (Å²) >= 11 is 0. The van der Waals surface area contributed by atoms with Crippen LogP contribution in [0.1, 0.15) is 113 Å². The molecule has 2 heterocycles. The van der Waals surface area contributed by atoms with Crippen molar-refractivity contribution in [3.63, 3.8) is 0 Å². The van der Waals surface area contributed by atoms with Crippen LogP contribution in [0.25, 0.3) is 0 Å². The van der Waals surface area contributed by atoms with Crippen LogP contribution in [0, 0.1) is 5.92 Å². The number of carbonyl (C=O) groups is 4. The Labute approximate surface area is 309 Å². The molecule has 0 N–H and O–H groups in total. The summed E-state index contributed by atoms with van der Waals surface area (Å²) < 4.78 is 1.78. The molecule has 266 valence electrons. The number of carbonyl (C=O) groups excluding carboxylic acids is 4. The molecular formula is C38H56Br2N4O4. The minimum atomic E-state index is -0.160. The van der Waals surface area contributed by atoms with Crippen LogP contribution in [0.4, 0.5) is 0 Å². The number of hydrogen-bond acceptors (Lipinski definition) is 4. The first-order valence-electron chi connectivity index (χ1n) is 17.4. The lowest BCUT2D eigenvalue weighted by Crippen LogP contribution is -3.00. The quantitative estimate of drug-likeness (QED) is 0.117. The lowest BCUT2D eigenvalue weighted by molar-refractivity contribution is -0.916. The van der Waals surface area contributed by atoms with Crippen molar-refractivity contribution in [2.45, 2.75) is 77.7 Å². The van der Waals surface area contributed by atoms with Gasteiger partial charge in [0.25, 0.3) is 23.6 Å². The van der Waals surface area contributed by atoms with E-state index < -0.39 is 0 Å². The summed E-state index contributed by atoms with van der Waals surface area (Å²) in [6, 6.07) is 14.7. The number of imide groups is 2. The number of nitrogens with zero attached hydrogens (tertiary/aromatic N) is 4. The first-order chi connectivity index (χ1) is 21.9. The van der Waals surface area contributed by atoms with Gasteiger partial charge in [-0.2, -0.15) is 0 Å². The number of hydrogen-bond donors (Lipinski definition) is 0. The van der Waals surface area contributed by atoms with Crippen molar-refractivity contribution >= 4 is 23.6 Å². The molecule has 0 fully saturated rings. The fraction of sp³-hybridized carbons (Fsp3) is 0.579. The van der Waals surface area contributed by atoms with Crippen molar-refractivity contribution in [3.8, 4) is 0 Å². The van der Waals surface area contributed by atoms with Crippen LogP contribution in [-0.2, 0) is 0 Å². The van der Waals surface area contributed by atoms with Gasteiger partial charge in [0.1, 0.15) is 0 Å². The molecule has 0 spiro atoms. The molecule has 2 atom stereocenters. The zero-order chi connectivity index (χ0) is 33.5. The van der Waals surface area contributed by atoms with Gasteiger partial charge >= 0.3 is 0 Å². The Morgan fingerprint density at radius 1 is 0.583 bits per heavy atom. The Balaban J connectivity index is 0.00000400. The summed E-state index contributed by atoms with van der Waals surface area (Å²) in [4.78, 5) is 54.6. The van der Waals surface area contributed by atoms with E-state index in [1.165, 1.54) is 22.6 Å². The van der Waals surface area contributed by atoms with Gasteiger partial charge in [0.15, 0.2) is 0 Å². The first-order valence-corrected chi connectivity index (χ1v) is 17.4. The second-order valence-electron chi connectivity index (χ2n) is 14.7. The Kier molecular flexibility index (Phi) is 16.1. The smallest absolute Gasteiger partial charge is 0.261 e. The molecule has 2 aromatic carbocycles. The summed E-state index contributed by atoms with van der Waals surface area (Å²) in [6.07, 6.45) is 9.62. The number of benzene rings is 2. The van der Waals surface area contributed by atoms with Crippen molar-refractivity contribution in [2.24, 2.45) is 5.92 Å². The van der Waals surface area contributed by atoms with Gasteiger partial charge in [-0.3, -0.25) is 29.0 Å². The van der Waals surface area contributed by atoms with Gasteiger partial charge < -0.3 is 42.9 Å². The number of quaternary nitrogens is 2. The summed E-state index contributed by atoms with van der Waals surface area (Å²) in [7, 11) is 9.14.